The normalized spacial score (nSPS) is 9.77. The summed E-state index contributed by atoms with van der Waals surface area (Å²) in [6, 6.07) is 0. The summed E-state index contributed by atoms with van der Waals surface area (Å²) in [7, 11) is 0. The van der Waals surface area contributed by atoms with Gasteiger partial charge in [-0.2, -0.15) is 0 Å². The molecule has 0 spiro atoms. The molecule has 0 radical (unpaired) electrons. The Morgan fingerprint density at radius 1 is 1.38 bits per heavy atom. The standard InChI is InChI=1S/C10H19N2.BrH/c1-4-6-7-12-9-8-11(5-2)10(12)3;/h8-9H,4-7H2,1-3H3;1H/q+1;/p-1. The first-order valence-corrected chi connectivity index (χ1v) is 4.84. The smallest absolute Gasteiger partial charge is 0.253 e. The van der Waals surface area contributed by atoms with E-state index in [0.717, 1.165) is 13.1 Å². The third-order valence-corrected chi connectivity index (χ3v) is 2.35. The van der Waals surface area contributed by atoms with Gasteiger partial charge < -0.3 is 17.0 Å². The highest BCUT2D eigenvalue weighted by Gasteiger charge is 2.08. The van der Waals surface area contributed by atoms with E-state index in [1.54, 1.807) is 0 Å². The summed E-state index contributed by atoms with van der Waals surface area (Å²) >= 11 is 0. The Morgan fingerprint density at radius 2 is 2.08 bits per heavy atom. The van der Waals surface area contributed by atoms with Crippen molar-refractivity contribution in [2.75, 3.05) is 0 Å². The average molecular weight is 247 g/mol. The van der Waals surface area contributed by atoms with Gasteiger partial charge in [-0.25, -0.2) is 9.13 Å². The third-order valence-electron chi connectivity index (χ3n) is 2.35. The molecule has 0 fully saturated rings. The fraction of sp³-hybridized carbons (Fsp3) is 0.700. The van der Waals surface area contributed by atoms with E-state index in [4.69, 9.17) is 0 Å². The van der Waals surface area contributed by atoms with Crippen LogP contribution < -0.4 is 21.5 Å². The van der Waals surface area contributed by atoms with Gasteiger partial charge in [0, 0.05) is 6.92 Å². The van der Waals surface area contributed by atoms with E-state index >= 15 is 0 Å². The Morgan fingerprint density at radius 3 is 2.54 bits per heavy atom. The van der Waals surface area contributed by atoms with E-state index in [-0.39, 0.29) is 17.0 Å². The van der Waals surface area contributed by atoms with E-state index in [1.807, 2.05) is 0 Å². The van der Waals surface area contributed by atoms with Gasteiger partial charge in [-0.15, -0.1) is 0 Å². The molecule has 13 heavy (non-hydrogen) atoms. The zero-order chi connectivity index (χ0) is 8.97. The molecular formula is C10H19BrN2. The van der Waals surface area contributed by atoms with Gasteiger partial charge in [-0.1, -0.05) is 13.3 Å². The minimum atomic E-state index is 0. The zero-order valence-corrected chi connectivity index (χ0v) is 10.3. The van der Waals surface area contributed by atoms with Crippen molar-refractivity contribution >= 4 is 0 Å². The number of hydrogen-bond donors (Lipinski definition) is 0. The van der Waals surface area contributed by atoms with Crippen LogP contribution in [0.25, 0.3) is 0 Å². The Labute approximate surface area is 91.3 Å². The van der Waals surface area contributed by atoms with E-state index in [2.05, 4.69) is 42.3 Å². The molecule has 2 nitrogen and oxygen atoms in total. The van der Waals surface area contributed by atoms with Crippen LogP contribution in [-0.2, 0) is 13.1 Å². The number of aryl methyl sites for hydroxylation is 2. The van der Waals surface area contributed by atoms with Crippen LogP contribution in [0.15, 0.2) is 12.4 Å². The summed E-state index contributed by atoms with van der Waals surface area (Å²) in [6.07, 6.45) is 6.88. The quantitative estimate of drug-likeness (QED) is 0.598. The number of unbranched alkanes of at least 4 members (excludes halogenated alkanes) is 1. The van der Waals surface area contributed by atoms with Crippen LogP contribution in [0, 0.1) is 6.92 Å². The van der Waals surface area contributed by atoms with Gasteiger partial charge in [0.1, 0.15) is 12.4 Å². The molecule has 0 unspecified atom stereocenters. The SMILES string of the molecule is CCCC[n+]1ccn(CC)c1C.[Br-]. The Balaban J connectivity index is 0.00000144. The van der Waals surface area contributed by atoms with Gasteiger partial charge in [0.2, 0.25) is 0 Å². The van der Waals surface area contributed by atoms with Crippen molar-refractivity contribution in [3.05, 3.63) is 18.2 Å². The molecule has 0 amide bonds. The number of imidazole rings is 1. The molecule has 0 aliphatic heterocycles. The largest absolute Gasteiger partial charge is 1.00 e. The Bertz CT molecular complexity index is 243. The minimum absolute atomic E-state index is 0. The molecule has 0 saturated carbocycles. The highest BCUT2D eigenvalue weighted by Crippen LogP contribution is 1.94. The molecule has 0 atom stereocenters. The molecule has 3 heteroatoms. The summed E-state index contributed by atoms with van der Waals surface area (Å²) in [5, 5.41) is 0. The first-order valence-electron chi connectivity index (χ1n) is 4.84. The number of rotatable bonds is 4. The van der Waals surface area contributed by atoms with Crippen LogP contribution in [0.4, 0.5) is 0 Å². The van der Waals surface area contributed by atoms with Crippen molar-refractivity contribution in [3.63, 3.8) is 0 Å². The fourth-order valence-electron chi connectivity index (χ4n) is 1.44. The van der Waals surface area contributed by atoms with Gasteiger partial charge in [0.25, 0.3) is 5.82 Å². The molecule has 1 aromatic heterocycles. The first kappa shape index (κ1) is 12.7. The maximum atomic E-state index is 2.33. The summed E-state index contributed by atoms with van der Waals surface area (Å²) in [6.45, 7) is 8.82. The minimum Gasteiger partial charge on any atom is -1.00 e. The Kier molecular flexibility index (Phi) is 6.04. The second kappa shape index (κ2) is 6.19. The first-order chi connectivity index (χ1) is 5.79. The molecule has 0 bridgehead atoms. The predicted molar refractivity (Wildman–Crippen MR) is 49.9 cm³/mol. The zero-order valence-electron chi connectivity index (χ0n) is 8.76. The molecule has 0 N–H and O–H groups in total. The van der Waals surface area contributed by atoms with E-state index in [1.165, 1.54) is 18.7 Å². The topological polar surface area (TPSA) is 8.81 Å². The lowest BCUT2D eigenvalue weighted by Gasteiger charge is -1.97. The lowest BCUT2D eigenvalue weighted by molar-refractivity contribution is -0.702. The molecule has 0 saturated heterocycles. The molecule has 76 valence electrons. The van der Waals surface area contributed by atoms with Crippen LogP contribution >= 0.6 is 0 Å². The van der Waals surface area contributed by atoms with Crippen molar-refractivity contribution in [2.24, 2.45) is 0 Å². The van der Waals surface area contributed by atoms with Crippen molar-refractivity contribution in [2.45, 2.75) is 46.7 Å². The van der Waals surface area contributed by atoms with Gasteiger partial charge in [-0.05, 0) is 13.3 Å². The summed E-state index contributed by atoms with van der Waals surface area (Å²) < 4.78 is 4.60. The summed E-state index contributed by atoms with van der Waals surface area (Å²) in [5.41, 5.74) is 0. The highest BCUT2D eigenvalue weighted by atomic mass is 79.9. The maximum absolute atomic E-state index is 2.33. The lowest BCUT2D eigenvalue weighted by Crippen LogP contribution is -3.00. The maximum Gasteiger partial charge on any atom is 0.253 e. The third kappa shape index (κ3) is 3.14. The number of nitrogens with zero attached hydrogens (tertiary/aromatic N) is 2. The molecule has 1 aromatic rings. The summed E-state index contributed by atoms with van der Waals surface area (Å²) in [5.74, 6) is 1.37. The summed E-state index contributed by atoms with van der Waals surface area (Å²) in [4.78, 5) is 0. The van der Waals surface area contributed by atoms with Crippen LogP contribution in [0.3, 0.4) is 0 Å². The lowest BCUT2D eigenvalue weighted by atomic mass is 10.3. The van der Waals surface area contributed by atoms with Gasteiger partial charge >= 0.3 is 0 Å². The van der Waals surface area contributed by atoms with Crippen LogP contribution in [-0.4, -0.2) is 4.57 Å². The van der Waals surface area contributed by atoms with Crippen LogP contribution in [0.2, 0.25) is 0 Å². The average Bonchev–Trinajstić information content (AvgIpc) is 2.43. The second-order valence-corrected chi connectivity index (χ2v) is 3.18. The molecule has 0 aliphatic rings. The number of hydrogen-bond acceptors (Lipinski definition) is 0. The van der Waals surface area contributed by atoms with Crippen LogP contribution in [0.1, 0.15) is 32.5 Å². The molecule has 1 rings (SSSR count). The van der Waals surface area contributed by atoms with Crippen molar-refractivity contribution in [1.82, 2.24) is 4.57 Å². The second-order valence-electron chi connectivity index (χ2n) is 3.18. The number of aromatic nitrogens is 2. The predicted octanol–water partition coefficient (Wildman–Crippen LogP) is -1.09. The Hall–Kier alpha value is -0.310. The monoisotopic (exact) mass is 246 g/mol. The van der Waals surface area contributed by atoms with Gasteiger partial charge in [0.15, 0.2) is 0 Å². The highest BCUT2D eigenvalue weighted by molar-refractivity contribution is 4.78. The molecule has 0 aromatic carbocycles. The number of halogens is 1. The van der Waals surface area contributed by atoms with E-state index < -0.39 is 0 Å². The van der Waals surface area contributed by atoms with Gasteiger partial charge in [-0.3, -0.25) is 0 Å². The van der Waals surface area contributed by atoms with E-state index in [9.17, 15) is 0 Å². The van der Waals surface area contributed by atoms with Crippen molar-refractivity contribution in [3.8, 4) is 0 Å². The van der Waals surface area contributed by atoms with Gasteiger partial charge in [0.05, 0.1) is 13.1 Å². The van der Waals surface area contributed by atoms with Crippen molar-refractivity contribution < 1.29 is 21.5 Å². The molecular weight excluding hydrogens is 228 g/mol. The molecule has 0 aliphatic carbocycles. The molecule has 1 heterocycles. The fourth-order valence-corrected chi connectivity index (χ4v) is 1.44. The van der Waals surface area contributed by atoms with Crippen molar-refractivity contribution in [1.29, 1.82) is 0 Å². The van der Waals surface area contributed by atoms with E-state index in [0.29, 0.717) is 0 Å². The van der Waals surface area contributed by atoms with Crippen LogP contribution in [0.5, 0.6) is 0 Å².